The lowest BCUT2D eigenvalue weighted by molar-refractivity contribution is 0.631. The number of benzene rings is 9. The Labute approximate surface area is 314 Å². The number of fused-ring (bicyclic) bond motifs is 3. The fraction of sp³-hybridized carbons (Fsp3) is 0. The van der Waals surface area contributed by atoms with E-state index in [1.54, 1.807) is 0 Å². The predicted octanol–water partition coefficient (Wildman–Crippen LogP) is 14.9. The van der Waals surface area contributed by atoms with E-state index in [9.17, 15) is 0 Å². The number of furan rings is 1. The standard InChI is InChI=1S/C52H35NO/c1-2-11-43-34-48(32-25-36(43)9-1)53(47-30-26-41(27-31-47)50-17-8-13-40-10-3-5-16-49(40)50)46-28-23-38(24-29-46)37-19-21-39(22-20-37)42-14-7-15-44(33-42)52-35-45-12-4-6-18-51(45)54-52/h1-35H. The van der Waals surface area contributed by atoms with Crippen molar-refractivity contribution in [3.8, 4) is 44.7 Å². The van der Waals surface area contributed by atoms with E-state index in [-0.39, 0.29) is 0 Å². The molecule has 0 unspecified atom stereocenters. The highest BCUT2D eigenvalue weighted by atomic mass is 16.3. The maximum Gasteiger partial charge on any atom is 0.135 e. The van der Waals surface area contributed by atoms with Crippen LogP contribution in [0, 0.1) is 0 Å². The summed E-state index contributed by atoms with van der Waals surface area (Å²) in [5.74, 6) is 0.883. The first-order chi connectivity index (χ1) is 26.7. The molecule has 1 heterocycles. The zero-order valence-corrected chi connectivity index (χ0v) is 29.6. The summed E-state index contributed by atoms with van der Waals surface area (Å²) in [6, 6.07) is 75.9. The first-order valence-corrected chi connectivity index (χ1v) is 18.4. The van der Waals surface area contributed by atoms with Crippen molar-refractivity contribution in [3.05, 3.63) is 212 Å². The van der Waals surface area contributed by atoms with Gasteiger partial charge in [-0.25, -0.2) is 0 Å². The summed E-state index contributed by atoms with van der Waals surface area (Å²) in [5, 5.41) is 6.07. The molecular formula is C52H35NO. The van der Waals surface area contributed by atoms with Crippen LogP contribution in [-0.4, -0.2) is 0 Å². The van der Waals surface area contributed by atoms with E-state index in [4.69, 9.17) is 4.42 Å². The molecule has 54 heavy (non-hydrogen) atoms. The Hall–Kier alpha value is -7.16. The molecule has 0 aliphatic heterocycles. The Kier molecular flexibility index (Phi) is 7.85. The lowest BCUT2D eigenvalue weighted by Crippen LogP contribution is -2.09. The maximum absolute atomic E-state index is 6.16. The molecule has 254 valence electrons. The van der Waals surface area contributed by atoms with Gasteiger partial charge in [-0.3, -0.25) is 0 Å². The first kappa shape index (κ1) is 31.6. The Morgan fingerprint density at radius 1 is 0.296 bits per heavy atom. The highest BCUT2D eigenvalue weighted by molar-refractivity contribution is 5.97. The number of nitrogens with zero attached hydrogens (tertiary/aromatic N) is 1. The molecule has 10 aromatic rings. The molecule has 0 atom stereocenters. The van der Waals surface area contributed by atoms with Crippen LogP contribution in [0.3, 0.4) is 0 Å². The van der Waals surface area contributed by atoms with Crippen LogP contribution < -0.4 is 4.90 Å². The molecule has 0 aliphatic rings. The third kappa shape index (κ3) is 5.90. The van der Waals surface area contributed by atoms with E-state index < -0.39 is 0 Å². The number of hydrogen-bond donors (Lipinski definition) is 0. The molecular weight excluding hydrogens is 655 g/mol. The highest BCUT2D eigenvalue weighted by Gasteiger charge is 2.15. The fourth-order valence-electron chi connectivity index (χ4n) is 7.66. The monoisotopic (exact) mass is 689 g/mol. The summed E-state index contributed by atoms with van der Waals surface area (Å²) >= 11 is 0. The van der Waals surface area contributed by atoms with Crippen LogP contribution in [0.4, 0.5) is 17.1 Å². The highest BCUT2D eigenvalue weighted by Crippen LogP contribution is 2.39. The molecule has 10 rings (SSSR count). The van der Waals surface area contributed by atoms with Crippen LogP contribution in [0.25, 0.3) is 77.2 Å². The molecule has 2 nitrogen and oxygen atoms in total. The van der Waals surface area contributed by atoms with E-state index in [0.29, 0.717) is 0 Å². The van der Waals surface area contributed by atoms with Crippen molar-refractivity contribution in [2.75, 3.05) is 4.90 Å². The molecule has 0 amide bonds. The minimum atomic E-state index is 0.883. The molecule has 0 saturated carbocycles. The third-order valence-corrected chi connectivity index (χ3v) is 10.5. The largest absolute Gasteiger partial charge is 0.456 e. The predicted molar refractivity (Wildman–Crippen MR) is 228 cm³/mol. The number of para-hydroxylation sites is 1. The van der Waals surface area contributed by atoms with Gasteiger partial charge in [0.2, 0.25) is 0 Å². The van der Waals surface area contributed by atoms with Gasteiger partial charge in [-0.15, -0.1) is 0 Å². The van der Waals surface area contributed by atoms with Gasteiger partial charge in [-0.2, -0.15) is 0 Å². The van der Waals surface area contributed by atoms with Gasteiger partial charge in [0.05, 0.1) is 0 Å². The quantitative estimate of drug-likeness (QED) is 0.166. The Balaban J connectivity index is 0.961. The van der Waals surface area contributed by atoms with E-state index >= 15 is 0 Å². The zero-order valence-electron chi connectivity index (χ0n) is 29.6. The van der Waals surface area contributed by atoms with Crippen LogP contribution in [0.15, 0.2) is 217 Å². The van der Waals surface area contributed by atoms with Crippen LogP contribution in [0.2, 0.25) is 0 Å². The SMILES string of the molecule is c1cc(-c2ccc(-c3ccc(N(c4ccc(-c5cccc6ccccc56)cc4)c4ccc5ccccc5c4)cc3)cc2)cc(-c2cc3ccccc3o2)c1. The smallest absolute Gasteiger partial charge is 0.135 e. The van der Waals surface area contributed by atoms with Crippen LogP contribution in [-0.2, 0) is 0 Å². The second kappa shape index (κ2) is 13.4. The van der Waals surface area contributed by atoms with Crippen molar-refractivity contribution in [2.45, 2.75) is 0 Å². The number of rotatable bonds is 7. The summed E-state index contributed by atoms with van der Waals surface area (Å²) in [4.78, 5) is 2.35. The average Bonchev–Trinajstić information content (AvgIpc) is 3.69. The van der Waals surface area contributed by atoms with Gasteiger partial charge in [0.25, 0.3) is 0 Å². The van der Waals surface area contributed by atoms with Crippen molar-refractivity contribution >= 4 is 49.6 Å². The lowest BCUT2D eigenvalue weighted by Gasteiger charge is -2.26. The van der Waals surface area contributed by atoms with Crippen molar-refractivity contribution in [2.24, 2.45) is 0 Å². The van der Waals surface area contributed by atoms with Crippen molar-refractivity contribution < 1.29 is 4.42 Å². The minimum absolute atomic E-state index is 0.883. The molecule has 2 heteroatoms. The van der Waals surface area contributed by atoms with Gasteiger partial charge in [0.15, 0.2) is 0 Å². The molecule has 0 saturated heterocycles. The van der Waals surface area contributed by atoms with Gasteiger partial charge in [-0.1, -0.05) is 158 Å². The van der Waals surface area contributed by atoms with Crippen molar-refractivity contribution in [1.82, 2.24) is 0 Å². The fourth-order valence-corrected chi connectivity index (χ4v) is 7.66. The average molecular weight is 690 g/mol. The molecule has 0 radical (unpaired) electrons. The summed E-state index contributed by atoms with van der Waals surface area (Å²) < 4.78 is 6.16. The van der Waals surface area contributed by atoms with E-state index in [1.807, 2.05) is 18.2 Å². The van der Waals surface area contributed by atoms with Gasteiger partial charge in [0, 0.05) is 28.0 Å². The first-order valence-electron chi connectivity index (χ1n) is 18.4. The van der Waals surface area contributed by atoms with Gasteiger partial charge >= 0.3 is 0 Å². The number of hydrogen-bond acceptors (Lipinski definition) is 2. The Bertz CT molecular complexity index is 2880. The Morgan fingerprint density at radius 2 is 0.833 bits per heavy atom. The van der Waals surface area contributed by atoms with Crippen LogP contribution in [0.5, 0.6) is 0 Å². The zero-order chi connectivity index (χ0) is 35.8. The maximum atomic E-state index is 6.16. The van der Waals surface area contributed by atoms with E-state index in [0.717, 1.165) is 44.9 Å². The van der Waals surface area contributed by atoms with Gasteiger partial charge in [-0.05, 0) is 110 Å². The number of anilines is 3. The summed E-state index contributed by atoms with van der Waals surface area (Å²) in [6.45, 7) is 0. The molecule has 0 bridgehead atoms. The molecule has 0 N–H and O–H groups in total. The molecule has 1 aromatic heterocycles. The van der Waals surface area contributed by atoms with Crippen molar-refractivity contribution in [3.63, 3.8) is 0 Å². The lowest BCUT2D eigenvalue weighted by atomic mass is 9.97. The topological polar surface area (TPSA) is 16.4 Å². The van der Waals surface area contributed by atoms with Crippen molar-refractivity contribution in [1.29, 1.82) is 0 Å². The molecule has 0 fully saturated rings. The molecule has 9 aromatic carbocycles. The third-order valence-electron chi connectivity index (χ3n) is 10.5. The second-order valence-corrected chi connectivity index (χ2v) is 13.8. The minimum Gasteiger partial charge on any atom is -0.456 e. The van der Waals surface area contributed by atoms with E-state index in [1.165, 1.54) is 49.4 Å². The Morgan fingerprint density at radius 3 is 1.57 bits per heavy atom. The molecule has 0 aliphatic carbocycles. The summed E-state index contributed by atoms with van der Waals surface area (Å²) in [5.41, 5.74) is 12.4. The van der Waals surface area contributed by atoms with E-state index in [2.05, 4.69) is 199 Å². The normalized spacial score (nSPS) is 11.3. The second-order valence-electron chi connectivity index (χ2n) is 13.8. The van der Waals surface area contributed by atoms with Gasteiger partial charge in [0.1, 0.15) is 11.3 Å². The summed E-state index contributed by atoms with van der Waals surface area (Å²) in [6.07, 6.45) is 0. The molecule has 0 spiro atoms. The van der Waals surface area contributed by atoms with Gasteiger partial charge < -0.3 is 9.32 Å². The summed E-state index contributed by atoms with van der Waals surface area (Å²) in [7, 11) is 0. The van der Waals surface area contributed by atoms with Crippen LogP contribution in [0.1, 0.15) is 0 Å². The van der Waals surface area contributed by atoms with Crippen LogP contribution >= 0.6 is 0 Å².